The van der Waals surface area contributed by atoms with Gasteiger partial charge in [-0.25, -0.2) is 9.59 Å². The Hall–Kier alpha value is -3.88. The van der Waals surface area contributed by atoms with Crippen molar-refractivity contribution in [1.82, 2.24) is 5.32 Å². The third-order valence-electron chi connectivity index (χ3n) is 6.01. The predicted octanol–water partition coefficient (Wildman–Crippen LogP) is 4.08. The molecular weight excluding hydrogens is 476 g/mol. The number of esters is 1. The smallest absolute Gasteiger partial charge is 0.407 e. The number of nitrogens with zero attached hydrogens (tertiary/aromatic N) is 1. The molecule has 1 aliphatic heterocycles. The van der Waals surface area contributed by atoms with E-state index in [2.05, 4.69) is 5.32 Å². The molecule has 2 aromatic carbocycles. The van der Waals surface area contributed by atoms with Crippen molar-refractivity contribution in [1.29, 1.82) is 0 Å². The Morgan fingerprint density at radius 3 is 2.38 bits per heavy atom. The van der Waals surface area contributed by atoms with E-state index in [0.29, 0.717) is 25.1 Å². The van der Waals surface area contributed by atoms with Gasteiger partial charge in [-0.1, -0.05) is 48.5 Å². The summed E-state index contributed by atoms with van der Waals surface area (Å²) in [6.45, 7) is 5.53. The molecule has 198 valence electrons. The summed E-state index contributed by atoms with van der Waals surface area (Å²) in [5.74, 6) is -2.23. The van der Waals surface area contributed by atoms with Crippen LogP contribution in [-0.2, 0) is 36.9 Å². The summed E-state index contributed by atoms with van der Waals surface area (Å²) in [6, 6.07) is 15.3. The maximum absolute atomic E-state index is 13.6. The molecule has 0 saturated carbocycles. The molecule has 2 N–H and O–H groups in total. The van der Waals surface area contributed by atoms with Crippen LogP contribution in [0.15, 0.2) is 54.6 Å². The maximum atomic E-state index is 13.6. The first kappa shape index (κ1) is 27.7. The number of unbranched alkanes of at least 4 members (excludes halogenated alkanes) is 1. The zero-order valence-corrected chi connectivity index (χ0v) is 21.4. The molecule has 0 spiro atoms. The average Bonchev–Trinajstić information content (AvgIpc) is 3.26. The van der Waals surface area contributed by atoms with E-state index in [1.165, 1.54) is 4.90 Å². The van der Waals surface area contributed by atoms with Gasteiger partial charge >= 0.3 is 18.0 Å². The van der Waals surface area contributed by atoms with Gasteiger partial charge in [-0.2, -0.15) is 0 Å². The lowest BCUT2D eigenvalue weighted by Crippen LogP contribution is -2.49. The molecule has 2 aromatic rings. The van der Waals surface area contributed by atoms with Crippen LogP contribution in [0.4, 0.5) is 10.5 Å². The Labute approximate surface area is 216 Å². The van der Waals surface area contributed by atoms with Crippen molar-refractivity contribution in [2.75, 3.05) is 11.4 Å². The summed E-state index contributed by atoms with van der Waals surface area (Å²) in [5, 5.41) is 12.4. The minimum atomic E-state index is -1.15. The van der Waals surface area contributed by atoms with Gasteiger partial charge in [-0.3, -0.25) is 14.5 Å². The lowest BCUT2D eigenvalue weighted by Gasteiger charge is -2.29. The van der Waals surface area contributed by atoms with Gasteiger partial charge < -0.3 is 19.9 Å². The minimum Gasteiger partial charge on any atom is -0.480 e. The van der Waals surface area contributed by atoms with Gasteiger partial charge in [0.2, 0.25) is 0 Å². The molecule has 37 heavy (non-hydrogen) atoms. The van der Waals surface area contributed by atoms with Crippen LogP contribution in [0.3, 0.4) is 0 Å². The number of carboxylic acids is 1. The number of benzene rings is 2. The van der Waals surface area contributed by atoms with Crippen molar-refractivity contribution >= 4 is 29.6 Å². The zero-order chi connectivity index (χ0) is 27.0. The Balaban J connectivity index is 1.59. The van der Waals surface area contributed by atoms with E-state index >= 15 is 0 Å². The number of alkyl carbamates (subject to hydrolysis) is 1. The number of carbonyl (C=O) groups excluding carboxylic acids is 3. The largest absolute Gasteiger partial charge is 0.480 e. The van der Waals surface area contributed by atoms with E-state index in [-0.39, 0.29) is 19.4 Å². The van der Waals surface area contributed by atoms with Crippen LogP contribution in [0.2, 0.25) is 0 Å². The first-order valence-corrected chi connectivity index (χ1v) is 12.4. The Bertz CT molecular complexity index is 1110. The van der Waals surface area contributed by atoms with Crippen LogP contribution < -0.4 is 10.2 Å². The lowest BCUT2D eigenvalue weighted by atomic mass is 9.97. The number of rotatable bonds is 10. The highest BCUT2D eigenvalue weighted by Gasteiger charge is 2.42. The van der Waals surface area contributed by atoms with E-state index in [4.69, 9.17) is 9.47 Å². The molecular formula is C28H34N2O7. The summed E-state index contributed by atoms with van der Waals surface area (Å²) >= 11 is 0. The topological polar surface area (TPSA) is 122 Å². The molecule has 0 aliphatic carbocycles. The normalized spacial score (nSPS) is 15.4. The highest BCUT2D eigenvalue weighted by molar-refractivity contribution is 6.04. The number of para-hydroxylation sites is 1. The Kier molecular flexibility index (Phi) is 9.27. The summed E-state index contributed by atoms with van der Waals surface area (Å²) in [6.07, 6.45) is -0.354. The van der Waals surface area contributed by atoms with Crippen molar-refractivity contribution in [3.63, 3.8) is 0 Å². The van der Waals surface area contributed by atoms with E-state index < -0.39 is 41.5 Å². The van der Waals surface area contributed by atoms with Gasteiger partial charge in [0, 0.05) is 18.7 Å². The van der Waals surface area contributed by atoms with Gasteiger partial charge in [-0.15, -0.1) is 0 Å². The van der Waals surface area contributed by atoms with Crippen molar-refractivity contribution in [3.8, 4) is 0 Å². The van der Waals surface area contributed by atoms with Crippen LogP contribution in [0.25, 0.3) is 0 Å². The van der Waals surface area contributed by atoms with E-state index in [0.717, 1.165) is 11.1 Å². The highest BCUT2D eigenvalue weighted by atomic mass is 16.6. The van der Waals surface area contributed by atoms with Crippen molar-refractivity contribution in [3.05, 3.63) is 65.7 Å². The molecule has 2 atom stereocenters. The minimum absolute atomic E-state index is 0.161. The number of carboxylic acid groups (broad SMARTS) is 1. The monoisotopic (exact) mass is 510 g/mol. The number of carbonyl (C=O) groups is 4. The van der Waals surface area contributed by atoms with Crippen LogP contribution in [-0.4, -0.2) is 47.7 Å². The highest BCUT2D eigenvalue weighted by Crippen LogP contribution is 2.34. The summed E-state index contributed by atoms with van der Waals surface area (Å²) in [5.41, 5.74) is 1.31. The zero-order valence-electron chi connectivity index (χ0n) is 21.4. The van der Waals surface area contributed by atoms with Crippen molar-refractivity contribution in [2.24, 2.45) is 5.41 Å². The first-order valence-electron chi connectivity index (χ1n) is 12.4. The summed E-state index contributed by atoms with van der Waals surface area (Å²) < 4.78 is 10.8. The van der Waals surface area contributed by atoms with Crippen LogP contribution in [0, 0.1) is 5.41 Å². The van der Waals surface area contributed by atoms with Crippen LogP contribution >= 0.6 is 0 Å². The fourth-order valence-electron chi connectivity index (χ4n) is 3.97. The molecule has 0 saturated heterocycles. The number of aliphatic carboxylic acids is 1. The van der Waals surface area contributed by atoms with Gasteiger partial charge in [0.15, 0.2) is 6.10 Å². The van der Waals surface area contributed by atoms with E-state index in [1.807, 2.05) is 30.3 Å². The Morgan fingerprint density at radius 2 is 1.70 bits per heavy atom. The number of ether oxygens (including phenoxy) is 2. The lowest BCUT2D eigenvalue weighted by molar-refractivity contribution is -0.163. The quantitative estimate of drug-likeness (QED) is 0.365. The van der Waals surface area contributed by atoms with Gasteiger partial charge in [0.25, 0.3) is 5.91 Å². The molecule has 0 radical (unpaired) electrons. The second kappa shape index (κ2) is 12.4. The number of hydrogen-bond donors (Lipinski definition) is 2. The molecule has 1 heterocycles. The fraction of sp³-hybridized carbons (Fsp3) is 0.429. The molecule has 1 aliphatic rings. The van der Waals surface area contributed by atoms with Crippen molar-refractivity contribution < 1.29 is 33.8 Å². The molecule has 0 fully saturated rings. The summed E-state index contributed by atoms with van der Waals surface area (Å²) in [7, 11) is 0. The summed E-state index contributed by atoms with van der Waals surface area (Å²) in [4.78, 5) is 51.3. The van der Waals surface area contributed by atoms with Gasteiger partial charge in [-0.05, 0) is 57.2 Å². The van der Waals surface area contributed by atoms with Crippen LogP contribution in [0.5, 0.6) is 0 Å². The predicted molar refractivity (Wildman–Crippen MR) is 137 cm³/mol. The van der Waals surface area contributed by atoms with Gasteiger partial charge in [0.05, 0.1) is 5.41 Å². The molecule has 9 heteroatoms. The van der Waals surface area contributed by atoms with Gasteiger partial charge in [0.1, 0.15) is 12.6 Å². The fourth-order valence-corrected chi connectivity index (χ4v) is 3.97. The third kappa shape index (κ3) is 7.55. The first-order chi connectivity index (χ1) is 17.6. The molecule has 3 rings (SSSR count). The number of hydrogen-bond acceptors (Lipinski definition) is 6. The number of anilines is 1. The second-order valence-electron chi connectivity index (χ2n) is 10.0. The number of nitrogens with one attached hydrogen (secondary N) is 1. The molecule has 0 bridgehead atoms. The number of amides is 2. The second-order valence-corrected chi connectivity index (χ2v) is 10.0. The van der Waals surface area contributed by atoms with Crippen molar-refractivity contribution in [2.45, 2.75) is 65.2 Å². The molecule has 1 unspecified atom stereocenters. The third-order valence-corrected chi connectivity index (χ3v) is 6.01. The maximum Gasteiger partial charge on any atom is 0.407 e. The number of fused-ring (bicyclic) bond motifs is 1. The van der Waals surface area contributed by atoms with E-state index in [1.54, 1.807) is 45.0 Å². The van der Waals surface area contributed by atoms with E-state index in [9.17, 15) is 24.3 Å². The van der Waals surface area contributed by atoms with Crippen LogP contribution in [0.1, 0.15) is 51.2 Å². The SMILES string of the molecule is CC(C)(C)C(=O)O[C@@H](CCCCNC(=O)OCc1ccccc1)C(=O)N1c2ccccc2CC1C(=O)O. The molecule has 9 nitrogen and oxygen atoms in total. The Morgan fingerprint density at radius 1 is 1.03 bits per heavy atom. The average molecular weight is 511 g/mol. The molecule has 2 amide bonds. The standard InChI is InChI=1S/C28H34N2O7/c1-28(2,3)26(34)37-23(15-9-10-16-29-27(35)36-18-19-11-5-4-6-12-19)24(31)30-21-14-8-7-13-20(21)17-22(30)25(32)33/h4-8,11-14,22-23H,9-10,15-18H2,1-3H3,(H,29,35)(H,32,33)/t22?,23-/m0/s1. The molecule has 0 aromatic heterocycles.